The number of benzene rings is 1. The molecule has 0 aliphatic heterocycles. The van der Waals surface area contributed by atoms with E-state index in [0.717, 1.165) is 11.6 Å². The quantitative estimate of drug-likeness (QED) is 0.762. The molecule has 2 aromatic heterocycles. The van der Waals surface area contributed by atoms with Crippen molar-refractivity contribution in [1.29, 1.82) is 0 Å². The molecule has 0 saturated heterocycles. The fourth-order valence-electron chi connectivity index (χ4n) is 2.34. The maximum atomic E-state index is 13.2. The predicted molar refractivity (Wildman–Crippen MR) is 87.4 cm³/mol. The number of aromatic amines is 1. The van der Waals surface area contributed by atoms with E-state index in [2.05, 4.69) is 15.4 Å². The maximum Gasteiger partial charge on any atom is 0.274 e. The number of nitrogens with one attached hydrogen (secondary N) is 2. The minimum absolute atomic E-state index is 0.119. The highest BCUT2D eigenvalue weighted by Gasteiger charge is 2.11. The lowest BCUT2D eigenvalue weighted by molar-refractivity contribution is 0.102. The van der Waals surface area contributed by atoms with Crippen molar-refractivity contribution in [3.63, 3.8) is 0 Å². The summed E-state index contributed by atoms with van der Waals surface area (Å²) in [5.41, 5.74) is 1.01. The molecule has 0 unspecified atom stereocenters. The van der Waals surface area contributed by atoms with Gasteiger partial charge >= 0.3 is 0 Å². The number of hydrogen-bond acceptors (Lipinski definition) is 3. The fourth-order valence-corrected chi connectivity index (χ4v) is 2.34. The predicted octanol–water partition coefficient (Wildman–Crippen LogP) is 2.23. The second-order valence-electron chi connectivity index (χ2n) is 5.53. The number of carbonyl (C=O) groups excluding carboxylic acids is 1. The van der Waals surface area contributed by atoms with Crippen LogP contribution in [0.4, 0.5) is 14.6 Å². The molecule has 0 radical (unpaired) electrons. The van der Waals surface area contributed by atoms with E-state index in [9.17, 15) is 18.4 Å². The molecule has 8 heteroatoms. The Bertz CT molecular complexity index is 957. The number of pyridine rings is 1. The molecule has 0 bridgehead atoms. The zero-order valence-corrected chi connectivity index (χ0v) is 13.2. The van der Waals surface area contributed by atoms with Gasteiger partial charge in [-0.25, -0.2) is 13.8 Å². The number of aromatic nitrogens is 3. The van der Waals surface area contributed by atoms with Gasteiger partial charge in [-0.2, -0.15) is 0 Å². The zero-order valence-electron chi connectivity index (χ0n) is 13.2. The van der Waals surface area contributed by atoms with Gasteiger partial charge in [-0.3, -0.25) is 19.4 Å². The first-order valence-electron chi connectivity index (χ1n) is 7.38. The molecule has 3 rings (SSSR count). The number of halogens is 2. The number of nitrogens with zero attached hydrogens (tertiary/aromatic N) is 2. The van der Waals surface area contributed by atoms with Gasteiger partial charge in [0.25, 0.3) is 11.5 Å². The molecule has 128 valence electrons. The number of carbonyl (C=O) groups is 1. The monoisotopic (exact) mass is 344 g/mol. The normalized spacial score (nSPS) is 10.7. The van der Waals surface area contributed by atoms with Crippen LogP contribution >= 0.6 is 0 Å². The van der Waals surface area contributed by atoms with Gasteiger partial charge in [-0.15, -0.1) is 0 Å². The summed E-state index contributed by atoms with van der Waals surface area (Å²) in [7, 11) is 1.50. The lowest BCUT2D eigenvalue weighted by Gasteiger charge is -2.05. The van der Waals surface area contributed by atoms with Crippen LogP contribution in [-0.4, -0.2) is 20.7 Å². The van der Waals surface area contributed by atoms with Crippen molar-refractivity contribution in [1.82, 2.24) is 14.8 Å². The molecule has 6 nitrogen and oxygen atoms in total. The van der Waals surface area contributed by atoms with E-state index in [1.807, 2.05) is 0 Å². The Balaban J connectivity index is 1.69. The summed E-state index contributed by atoms with van der Waals surface area (Å²) < 4.78 is 27.6. The number of aryl methyl sites for hydroxylation is 1. The van der Waals surface area contributed by atoms with Crippen LogP contribution in [0, 0.1) is 11.6 Å². The second-order valence-corrected chi connectivity index (χ2v) is 5.53. The molecule has 0 fully saturated rings. The Hall–Kier alpha value is -3.29. The minimum Gasteiger partial charge on any atom is -0.305 e. The van der Waals surface area contributed by atoms with Gasteiger partial charge in [-0.05, 0) is 35.7 Å². The first kappa shape index (κ1) is 16.6. The van der Waals surface area contributed by atoms with E-state index < -0.39 is 17.5 Å². The number of hydrogen-bond donors (Lipinski definition) is 2. The van der Waals surface area contributed by atoms with Gasteiger partial charge in [0.05, 0.1) is 0 Å². The van der Waals surface area contributed by atoms with Crippen molar-refractivity contribution in [2.45, 2.75) is 6.42 Å². The minimum atomic E-state index is -0.635. The fraction of sp³-hybridized carbons (Fsp3) is 0.118. The zero-order chi connectivity index (χ0) is 18.0. The molecule has 0 atom stereocenters. The van der Waals surface area contributed by atoms with Crippen molar-refractivity contribution in [3.05, 3.63) is 81.4 Å². The highest BCUT2D eigenvalue weighted by molar-refractivity contribution is 6.02. The molecule has 0 aliphatic carbocycles. The summed E-state index contributed by atoms with van der Waals surface area (Å²) in [5.74, 6) is -1.47. The van der Waals surface area contributed by atoms with E-state index in [1.54, 1.807) is 12.1 Å². The Labute approximate surface area is 141 Å². The average Bonchev–Trinajstić information content (AvgIpc) is 2.88. The van der Waals surface area contributed by atoms with Crippen LogP contribution in [0.3, 0.4) is 0 Å². The van der Waals surface area contributed by atoms with Crippen LogP contribution in [0.15, 0.2) is 47.4 Å². The van der Waals surface area contributed by atoms with Crippen LogP contribution in [-0.2, 0) is 13.5 Å². The van der Waals surface area contributed by atoms with E-state index in [1.165, 1.54) is 36.1 Å². The maximum absolute atomic E-state index is 13.2. The molecule has 0 saturated carbocycles. The van der Waals surface area contributed by atoms with Crippen LogP contribution in [0.5, 0.6) is 0 Å². The van der Waals surface area contributed by atoms with Crippen molar-refractivity contribution >= 4 is 11.7 Å². The van der Waals surface area contributed by atoms with Crippen LogP contribution < -0.4 is 10.9 Å². The van der Waals surface area contributed by atoms with Crippen LogP contribution in [0.2, 0.25) is 0 Å². The summed E-state index contributed by atoms with van der Waals surface area (Å²) >= 11 is 0. The topological polar surface area (TPSA) is 79.8 Å². The first-order chi connectivity index (χ1) is 11.9. The first-order valence-corrected chi connectivity index (χ1v) is 7.38. The standard InChI is InChI=1S/C17H14F2N4O2/c1-23-16(24)8-14(22-23)17(25)21-15-3-2-10(9-20-15)4-11-5-12(18)7-13(19)6-11/h2-3,5-9,22H,4H2,1H3,(H,20,21,25). The molecule has 0 aliphatic rings. The number of rotatable bonds is 4. The number of anilines is 1. The Morgan fingerprint density at radius 2 is 1.88 bits per heavy atom. The Morgan fingerprint density at radius 1 is 1.16 bits per heavy atom. The van der Waals surface area contributed by atoms with Crippen molar-refractivity contribution in [2.24, 2.45) is 7.05 Å². The summed E-state index contributed by atoms with van der Waals surface area (Å²) in [4.78, 5) is 27.5. The number of amides is 1. The second kappa shape index (κ2) is 6.68. The number of H-pyrrole nitrogens is 1. The largest absolute Gasteiger partial charge is 0.305 e. The molecule has 0 spiro atoms. The van der Waals surface area contributed by atoms with Gasteiger partial charge < -0.3 is 5.32 Å². The SMILES string of the molecule is Cn1[nH]c(C(=O)Nc2ccc(Cc3cc(F)cc(F)c3)cn2)cc1=O. The molecular formula is C17H14F2N4O2. The summed E-state index contributed by atoms with van der Waals surface area (Å²) in [5, 5.41) is 5.17. The van der Waals surface area contributed by atoms with E-state index in [-0.39, 0.29) is 11.3 Å². The third-order valence-corrected chi connectivity index (χ3v) is 3.53. The van der Waals surface area contributed by atoms with E-state index in [4.69, 9.17) is 0 Å². The van der Waals surface area contributed by atoms with E-state index >= 15 is 0 Å². The summed E-state index contributed by atoms with van der Waals surface area (Å²) in [6, 6.07) is 7.77. The van der Waals surface area contributed by atoms with Crippen molar-refractivity contribution in [2.75, 3.05) is 5.32 Å². The van der Waals surface area contributed by atoms with Crippen LogP contribution in [0.1, 0.15) is 21.6 Å². The molecule has 1 aromatic carbocycles. The molecular weight excluding hydrogens is 330 g/mol. The molecule has 1 amide bonds. The van der Waals surface area contributed by atoms with Crippen molar-refractivity contribution < 1.29 is 13.6 Å². The third-order valence-electron chi connectivity index (χ3n) is 3.53. The lowest BCUT2D eigenvalue weighted by atomic mass is 10.1. The third kappa shape index (κ3) is 3.97. The average molecular weight is 344 g/mol. The van der Waals surface area contributed by atoms with Gasteiger partial charge in [0, 0.05) is 25.4 Å². The molecule has 25 heavy (non-hydrogen) atoms. The van der Waals surface area contributed by atoms with E-state index in [0.29, 0.717) is 17.8 Å². The lowest BCUT2D eigenvalue weighted by Crippen LogP contribution is -2.14. The smallest absolute Gasteiger partial charge is 0.274 e. The molecule has 2 heterocycles. The van der Waals surface area contributed by atoms with Gasteiger partial charge in [-0.1, -0.05) is 6.07 Å². The highest BCUT2D eigenvalue weighted by atomic mass is 19.1. The summed E-state index contributed by atoms with van der Waals surface area (Å²) in [6.45, 7) is 0. The summed E-state index contributed by atoms with van der Waals surface area (Å²) in [6.07, 6.45) is 1.81. The van der Waals surface area contributed by atoms with Gasteiger partial charge in [0.15, 0.2) is 0 Å². The van der Waals surface area contributed by atoms with Crippen molar-refractivity contribution in [3.8, 4) is 0 Å². The van der Waals surface area contributed by atoms with Gasteiger partial charge in [0.1, 0.15) is 23.1 Å². The Kier molecular flexibility index (Phi) is 4.42. The molecule has 2 N–H and O–H groups in total. The highest BCUT2D eigenvalue weighted by Crippen LogP contribution is 2.14. The Morgan fingerprint density at radius 3 is 2.44 bits per heavy atom. The van der Waals surface area contributed by atoms with Gasteiger partial charge in [0.2, 0.25) is 0 Å². The molecule has 3 aromatic rings. The van der Waals surface area contributed by atoms with Crippen LogP contribution in [0.25, 0.3) is 0 Å².